The highest BCUT2D eigenvalue weighted by molar-refractivity contribution is 9.09. The van der Waals surface area contributed by atoms with Crippen molar-refractivity contribution in [2.45, 2.75) is 0 Å². The summed E-state index contributed by atoms with van der Waals surface area (Å²) < 4.78 is 18.7. The molecule has 1 heterocycles. The van der Waals surface area contributed by atoms with Crippen molar-refractivity contribution in [3.8, 4) is 0 Å². The lowest BCUT2D eigenvalue weighted by Crippen LogP contribution is -2.09. The summed E-state index contributed by atoms with van der Waals surface area (Å²) in [6.45, 7) is 0. The van der Waals surface area contributed by atoms with Crippen molar-refractivity contribution in [2.24, 2.45) is 0 Å². The minimum absolute atomic E-state index is 0.0925. The van der Waals surface area contributed by atoms with Crippen LogP contribution in [0.25, 0.3) is 11.0 Å². The highest BCUT2D eigenvalue weighted by Gasteiger charge is 2.26. The zero-order chi connectivity index (χ0) is 17.4. The molecule has 1 aromatic heterocycles. The summed E-state index contributed by atoms with van der Waals surface area (Å²) >= 11 is 2.90. The molecule has 1 aromatic carbocycles. The normalized spacial score (nSPS) is 9.57. The van der Waals surface area contributed by atoms with E-state index in [9.17, 15) is 14.4 Å². The molecule has 0 radical (unpaired) electrons. The van der Waals surface area contributed by atoms with Crippen molar-refractivity contribution < 1.29 is 33.0 Å². The smallest absolute Gasteiger partial charge is 0.374 e. The number of hydrogen-bond acceptors (Lipinski definition) is 7. The standard InChI is InChI=1S/C12H10O5.C3H5BrO2/c1-15-11(13)9-7-5-3-4-6-8(7)17-10(9)12(14)16-2;1-6-3(5)2-4/h3-6H,1-2H3;2H2,1H3. The van der Waals surface area contributed by atoms with Crippen LogP contribution in [0.1, 0.15) is 20.9 Å². The molecule has 0 spiro atoms. The highest BCUT2D eigenvalue weighted by atomic mass is 79.9. The third-order valence-corrected chi connectivity index (χ3v) is 3.15. The molecule has 0 unspecified atom stereocenters. The first kappa shape index (κ1) is 18.7. The zero-order valence-corrected chi connectivity index (χ0v) is 14.3. The Morgan fingerprint density at radius 1 is 1.00 bits per heavy atom. The van der Waals surface area contributed by atoms with Gasteiger partial charge in [-0.1, -0.05) is 34.1 Å². The van der Waals surface area contributed by atoms with E-state index in [0.29, 0.717) is 11.0 Å². The largest absolute Gasteiger partial charge is 0.468 e. The lowest BCUT2D eigenvalue weighted by atomic mass is 10.1. The maximum absolute atomic E-state index is 11.6. The number of carbonyl (C=O) groups is 3. The summed E-state index contributed by atoms with van der Waals surface area (Å²) in [5.41, 5.74) is 0.531. The van der Waals surface area contributed by atoms with Gasteiger partial charge in [0.15, 0.2) is 0 Å². The van der Waals surface area contributed by atoms with Gasteiger partial charge >= 0.3 is 17.9 Å². The maximum Gasteiger partial charge on any atom is 0.374 e. The first-order valence-electron chi connectivity index (χ1n) is 6.31. The molecule has 0 bridgehead atoms. The van der Waals surface area contributed by atoms with Crippen LogP contribution in [0.3, 0.4) is 0 Å². The second kappa shape index (κ2) is 8.94. The van der Waals surface area contributed by atoms with Crippen LogP contribution in [0.15, 0.2) is 28.7 Å². The molecule has 8 heteroatoms. The van der Waals surface area contributed by atoms with Crippen molar-refractivity contribution in [3.63, 3.8) is 0 Å². The van der Waals surface area contributed by atoms with E-state index in [2.05, 4.69) is 30.1 Å². The number of furan rings is 1. The van der Waals surface area contributed by atoms with Gasteiger partial charge in [-0.05, 0) is 6.07 Å². The summed E-state index contributed by atoms with van der Waals surface area (Å²) in [6, 6.07) is 6.82. The Balaban J connectivity index is 0.000000379. The Morgan fingerprint density at radius 2 is 1.61 bits per heavy atom. The van der Waals surface area contributed by atoms with E-state index in [4.69, 9.17) is 4.42 Å². The van der Waals surface area contributed by atoms with Crippen LogP contribution >= 0.6 is 15.9 Å². The first-order valence-corrected chi connectivity index (χ1v) is 7.43. The van der Waals surface area contributed by atoms with Gasteiger partial charge in [-0.25, -0.2) is 9.59 Å². The number of para-hydroxylation sites is 1. The molecule has 0 aliphatic rings. The molecule has 0 aliphatic heterocycles. The number of methoxy groups -OCH3 is 3. The Hall–Kier alpha value is -2.35. The SMILES string of the molecule is COC(=O)CBr.COC(=O)c1oc2ccccc2c1C(=O)OC. The predicted molar refractivity (Wildman–Crippen MR) is 84.7 cm³/mol. The summed E-state index contributed by atoms with van der Waals surface area (Å²) in [5, 5.41) is 0.809. The molecule has 0 atom stereocenters. The first-order chi connectivity index (χ1) is 11.0. The zero-order valence-electron chi connectivity index (χ0n) is 12.8. The van der Waals surface area contributed by atoms with Crippen molar-refractivity contribution in [2.75, 3.05) is 26.7 Å². The number of ether oxygens (including phenoxy) is 3. The lowest BCUT2D eigenvalue weighted by Gasteiger charge is -1.99. The highest BCUT2D eigenvalue weighted by Crippen LogP contribution is 2.26. The summed E-state index contributed by atoms with van der Waals surface area (Å²) in [7, 11) is 3.81. The van der Waals surface area contributed by atoms with Crippen LogP contribution in [0.2, 0.25) is 0 Å². The summed E-state index contributed by atoms with van der Waals surface area (Å²) in [6.07, 6.45) is 0. The van der Waals surface area contributed by atoms with Crippen LogP contribution in [-0.2, 0) is 19.0 Å². The fraction of sp³-hybridized carbons (Fsp3) is 0.267. The van der Waals surface area contributed by atoms with E-state index in [1.54, 1.807) is 24.3 Å². The van der Waals surface area contributed by atoms with E-state index in [0.717, 1.165) is 0 Å². The van der Waals surface area contributed by atoms with Crippen LogP contribution in [0.5, 0.6) is 0 Å². The van der Waals surface area contributed by atoms with Crippen molar-refractivity contribution in [1.82, 2.24) is 0 Å². The number of hydrogen-bond donors (Lipinski definition) is 0. The van der Waals surface area contributed by atoms with Gasteiger partial charge in [0.1, 0.15) is 16.5 Å². The van der Waals surface area contributed by atoms with Crippen LogP contribution in [-0.4, -0.2) is 44.6 Å². The molecule has 2 aromatic rings. The van der Waals surface area contributed by atoms with Gasteiger partial charge in [0, 0.05) is 5.39 Å². The third-order valence-electron chi connectivity index (χ3n) is 2.69. The molecule has 0 amide bonds. The summed E-state index contributed by atoms with van der Waals surface area (Å²) in [5.74, 6) is -1.72. The maximum atomic E-state index is 11.6. The van der Waals surface area contributed by atoms with E-state index in [1.807, 2.05) is 0 Å². The second-order valence-corrected chi connectivity index (χ2v) is 4.56. The topological polar surface area (TPSA) is 92.0 Å². The molecule has 0 N–H and O–H groups in total. The molecule has 0 aliphatic carbocycles. The average molecular weight is 387 g/mol. The molecular weight excluding hydrogens is 372 g/mol. The number of halogens is 1. The van der Waals surface area contributed by atoms with Gasteiger partial charge in [-0.2, -0.15) is 0 Å². The van der Waals surface area contributed by atoms with Crippen LogP contribution in [0.4, 0.5) is 0 Å². The number of alkyl halides is 1. The van der Waals surface area contributed by atoms with Gasteiger partial charge in [-0.15, -0.1) is 0 Å². The van der Waals surface area contributed by atoms with Crippen molar-refractivity contribution >= 4 is 44.8 Å². The fourth-order valence-electron chi connectivity index (χ4n) is 1.64. The average Bonchev–Trinajstić information content (AvgIpc) is 2.99. The van der Waals surface area contributed by atoms with Gasteiger partial charge in [0.2, 0.25) is 5.76 Å². The Bertz CT molecular complexity index is 699. The number of rotatable bonds is 3. The van der Waals surface area contributed by atoms with E-state index < -0.39 is 11.9 Å². The quantitative estimate of drug-likeness (QED) is 0.454. The molecule has 124 valence electrons. The minimum atomic E-state index is -0.707. The molecular formula is C15H15BrO7. The fourth-order valence-corrected chi connectivity index (χ4v) is 1.87. The van der Waals surface area contributed by atoms with E-state index >= 15 is 0 Å². The number of esters is 3. The Morgan fingerprint density at radius 3 is 2.09 bits per heavy atom. The number of fused-ring (bicyclic) bond motifs is 1. The second-order valence-electron chi connectivity index (χ2n) is 4.00. The lowest BCUT2D eigenvalue weighted by molar-refractivity contribution is -0.137. The van der Waals surface area contributed by atoms with Gasteiger partial charge in [0.05, 0.1) is 21.3 Å². The Labute approximate surface area is 140 Å². The van der Waals surface area contributed by atoms with Gasteiger partial charge in [0.25, 0.3) is 0 Å². The van der Waals surface area contributed by atoms with Gasteiger partial charge in [-0.3, -0.25) is 4.79 Å². The van der Waals surface area contributed by atoms with Crippen LogP contribution in [0, 0.1) is 0 Å². The predicted octanol–water partition coefficient (Wildman–Crippen LogP) is 2.56. The summed E-state index contributed by atoms with van der Waals surface area (Å²) in [4.78, 5) is 33.1. The molecule has 0 fully saturated rings. The Kier molecular flexibility index (Phi) is 7.27. The molecule has 0 saturated carbocycles. The number of benzene rings is 1. The van der Waals surface area contributed by atoms with Crippen molar-refractivity contribution in [1.29, 1.82) is 0 Å². The molecule has 7 nitrogen and oxygen atoms in total. The third kappa shape index (κ3) is 4.56. The van der Waals surface area contributed by atoms with E-state index in [-0.39, 0.29) is 22.6 Å². The van der Waals surface area contributed by atoms with Gasteiger partial charge < -0.3 is 18.6 Å². The number of carbonyl (C=O) groups excluding carboxylic acids is 3. The molecule has 23 heavy (non-hydrogen) atoms. The van der Waals surface area contributed by atoms with Crippen LogP contribution < -0.4 is 0 Å². The van der Waals surface area contributed by atoms with E-state index in [1.165, 1.54) is 21.3 Å². The monoisotopic (exact) mass is 386 g/mol. The van der Waals surface area contributed by atoms with Crippen molar-refractivity contribution in [3.05, 3.63) is 35.6 Å². The molecule has 2 rings (SSSR count). The minimum Gasteiger partial charge on any atom is -0.468 e. The molecule has 0 saturated heterocycles.